The second-order valence-electron chi connectivity index (χ2n) is 8.54. The summed E-state index contributed by atoms with van der Waals surface area (Å²) < 4.78 is 8.30. The lowest BCUT2D eigenvalue weighted by Crippen LogP contribution is -2.69. The predicted octanol–water partition coefficient (Wildman–Crippen LogP) is 1.25. The lowest BCUT2D eigenvalue weighted by Gasteiger charge is -2.53. The molecule has 2 aliphatic rings. The van der Waals surface area contributed by atoms with Crippen LogP contribution in [-0.4, -0.2) is 80.5 Å². The van der Waals surface area contributed by atoms with E-state index in [1.165, 1.54) is 6.92 Å². The van der Waals surface area contributed by atoms with Gasteiger partial charge >= 0.3 is 0 Å². The van der Waals surface area contributed by atoms with E-state index >= 15 is 0 Å². The number of benzene rings is 1. The minimum Gasteiger partial charge on any atom is -0.483 e. The lowest BCUT2D eigenvalue weighted by atomic mass is 9.73. The van der Waals surface area contributed by atoms with Gasteiger partial charge in [0.05, 0.1) is 28.5 Å². The number of fused-ring (bicyclic) bond motifs is 1. The van der Waals surface area contributed by atoms with Crippen molar-refractivity contribution in [1.29, 1.82) is 0 Å². The molecule has 4 rings (SSSR count). The molecule has 9 nitrogen and oxygen atoms in total. The number of carbonyl (C=O) groups excluding carboxylic acids is 1. The molecule has 0 bridgehead atoms. The Morgan fingerprint density at radius 1 is 1.29 bits per heavy atom. The highest BCUT2D eigenvalue weighted by Crippen LogP contribution is 2.39. The van der Waals surface area contributed by atoms with Gasteiger partial charge in [0.1, 0.15) is 6.10 Å². The molecule has 3 heterocycles. The zero-order chi connectivity index (χ0) is 22.5. The standard InChI is InChI=1S/C21H30N4O3.CH2O2/c1-16(26)23-20(2)9-14-28-21(19(20)27)7-10-24(11-8-21)12-13-25-15-22-17-5-3-4-6-18(17)25;2-1-3/h3-6,15,19,27H,7-14H2,1-2H3,(H,23,26);1H,(H,2,3)/t19-,20+;/m1./s1. The Labute approximate surface area is 182 Å². The third-order valence-electron chi connectivity index (χ3n) is 6.46. The molecule has 1 amide bonds. The first-order valence-corrected chi connectivity index (χ1v) is 10.6. The minimum atomic E-state index is -0.697. The van der Waals surface area contributed by atoms with Gasteiger partial charge in [-0.25, -0.2) is 4.98 Å². The lowest BCUT2D eigenvalue weighted by molar-refractivity contribution is -0.207. The number of hydrogen-bond acceptors (Lipinski definition) is 6. The number of carboxylic acid groups (broad SMARTS) is 1. The summed E-state index contributed by atoms with van der Waals surface area (Å²) >= 11 is 0. The maximum Gasteiger partial charge on any atom is 0.290 e. The average molecular weight is 433 g/mol. The van der Waals surface area contributed by atoms with Crippen molar-refractivity contribution in [3.05, 3.63) is 30.6 Å². The van der Waals surface area contributed by atoms with Crippen molar-refractivity contribution in [2.45, 2.75) is 56.9 Å². The summed E-state index contributed by atoms with van der Waals surface area (Å²) in [6.07, 6.45) is 3.38. The van der Waals surface area contributed by atoms with Crippen LogP contribution >= 0.6 is 0 Å². The highest BCUT2D eigenvalue weighted by Gasteiger charge is 2.53. The zero-order valence-corrected chi connectivity index (χ0v) is 18.2. The molecular formula is C22H32N4O5. The molecule has 2 saturated heterocycles. The number of imidazole rings is 1. The van der Waals surface area contributed by atoms with Crippen LogP contribution in [0.25, 0.3) is 11.0 Å². The van der Waals surface area contributed by atoms with E-state index in [9.17, 15) is 9.90 Å². The van der Waals surface area contributed by atoms with Gasteiger partial charge in [-0.3, -0.25) is 9.59 Å². The Morgan fingerprint density at radius 3 is 2.65 bits per heavy atom. The molecule has 2 fully saturated rings. The molecule has 1 aromatic heterocycles. The highest BCUT2D eigenvalue weighted by molar-refractivity contribution is 5.75. The van der Waals surface area contributed by atoms with Crippen molar-refractivity contribution < 1.29 is 24.5 Å². The van der Waals surface area contributed by atoms with Crippen molar-refractivity contribution in [1.82, 2.24) is 19.8 Å². The maximum absolute atomic E-state index is 11.6. The molecule has 0 saturated carbocycles. The number of nitrogens with zero attached hydrogens (tertiary/aromatic N) is 3. The van der Waals surface area contributed by atoms with Gasteiger partial charge < -0.3 is 29.7 Å². The van der Waals surface area contributed by atoms with Crippen molar-refractivity contribution in [3.8, 4) is 0 Å². The number of amides is 1. The number of aliphatic hydroxyl groups excluding tert-OH is 1. The number of likely N-dealkylation sites (tertiary alicyclic amines) is 1. The summed E-state index contributed by atoms with van der Waals surface area (Å²) in [5.41, 5.74) is 1.000. The number of para-hydroxylation sites is 2. The van der Waals surface area contributed by atoms with Crippen molar-refractivity contribution >= 4 is 23.4 Å². The van der Waals surface area contributed by atoms with Crippen molar-refractivity contribution in [2.24, 2.45) is 0 Å². The van der Waals surface area contributed by atoms with Crippen LogP contribution in [0.1, 0.15) is 33.1 Å². The first-order chi connectivity index (χ1) is 14.8. The topological polar surface area (TPSA) is 117 Å². The number of ether oxygens (including phenoxy) is 1. The van der Waals surface area contributed by atoms with Gasteiger partial charge in [-0.2, -0.15) is 0 Å². The summed E-state index contributed by atoms with van der Waals surface area (Å²) in [4.78, 5) is 26.8. The number of carbonyl (C=O) groups is 2. The quantitative estimate of drug-likeness (QED) is 0.623. The van der Waals surface area contributed by atoms with Gasteiger partial charge in [0.25, 0.3) is 6.47 Å². The van der Waals surface area contributed by atoms with Crippen molar-refractivity contribution in [2.75, 3.05) is 26.2 Å². The normalized spacial score (nSPS) is 25.6. The molecule has 2 aliphatic heterocycles. The fourth-order valence-electron chi connectivity index (χ4n) is 4.81. The number of hydrogen-bond donors (Lipinski definition) is 3. The number of aromatic nitrogens is 2. The smallest absolute Gasteiger partial charge is 0.290 e. The summed E-state index contributed by atoms with van der Waals surface area (Å²) in [5.74, 6) is -0.108. The van der Waals surface area contributed by atoms with Gasteiger partial charge in [-0.15, -0.1) is 0 Å². The summed E-state index contributed by atoms with van der Waals surface area (Å²) in [7, 11) is 0. The van der Waals surface area contributed by atoms with Crippen LogP contribution in [0.5, 0.6) is 0 Å². The van der Waals surface area contributed by atoms with Crippen LogP contribution in [0.2, 0.25) is 0 Å². The van der Waals surface area contributed by atoms with Crippen LogP contribution in [0.15, 0.2) is 30.6 Å². The number of rotatable bonds is 4. The maximum atomic E-state index is 11.6. The molecule has 9 heteroatoms. The Balaban J connectivity index is 0.000000858. The largest absolute Gasteiger partial charge is 0.483 e. The fraction of sp³-hybridized carbons (Fsp3) is 0.591. The molecule has 0 aliphatic carbocycles. The van der Waals surface area contributed by atoms with Crippen LogP contribution in [0, 0.1) is 0 Å². The van der Waals surface area contributed by atoms with E-state index in [0.717, 1.165) is 50.1 Å². The number of piperidine rings is 1. The van der Waals surface area contributed by atoms with E-state index in [0.29, 0.717) is 13.0 Å². The second kappa shape index (κ2) is 9.76. The first kappa shape index (κ1) is 23.2. The van der Waals surface area contributed by atoms with Crippen LogP contribution in [-0.2, 0) is 20.9 Å². The second-order valence-corrected chi connectivity index (χ2v) is 8.54. The average Bonchev–Trinajstić information content (AvgIpc) is 3.15. The van der Waals surface area contributed by atoms with E-state index in [1.54, 1.807) is 0 Å². The van der Waals surface area contributed by atoms with Gasteiger partial charge in [0.15, 0.2) is 0 Å². The molecule has 170 valence electrons. The van der Waals surface area contributed by atoms with Gasteiger partial charge in [-0.05, 0) is 38.3 Å². The monoisotopic (exact) mass is 432 g/mol. The Bertz CT molecular complexity index is 893. The molecule has 2 aromatic rings. The Hall–Kier alpha value is -2.49. The minimum absolute atomic E-state index is 0.108. The fourth-order valence-corrected chi connectivity index (χ4v) is 4.81. The van der Waals surface area contributed by atoms with Crippen molar-refractivity contribution in [3.63, 3.8) is 0 Å². The summed E-state index contributed by atoms with van der Waals surface area (Å²) in [5, 5.41) is 20.9. The van der Waals surface area contributed by atoms with Gasteiger partial charge in [-0.1, -0.05) is 12.1 Å². The summed E-state index contributed by atoms with van der Waals surface area (Å²) in [6, 6.07) is 8.18. The van der Waals surface area contributed by atoms with Crippen LogP contribution < -0.4 is 5.32 Å². The molecular weight excluding hydrogens is 400 g/mol. The van der Waals surface area contributed by atoms with Gasteiger partial charge in [0.2, 0.25) is 5.91 Å². The van der Waals surface area contributed by atoms with Crippen LogP contribution in [0.4, 0.5) is 0 Å². The molecule has 0 unspecified atom stereocenters. The molecule has 31 heavy (non-hydrogen) atoms. The number of nitrogens with one attached hydrogen (secondary N) is 1. The Morgan fingerprint density at radius 2 is 1.97 bits per heavy atom. The molecule has 2 atom stereocenters. The summed E-state index contributed by atoms with van der Waals surface area (Å²) in [6.45, 7) is 7.33. The third-order valence-corrected chi connectivity index (χ3v) is 6.46. The SMILES string of the molecule is CC(=O)N[C@@]1(C)CCOC2(CCN(CCn3cnc4ccccc43)CC2)[C@@H]1O.O=CO. The van der Waals surface area contributed by atoms with Crippen LogP contribution in [0.3, 0.4) is 0 Å². The number of aliphatic hydroxyl groups is 1. The molecule has 1 spiro atoms. The van der Waals surface area contributed by atoms with E-state index < -0.39 is 17.2 Å². The Kier molecular flexibility index (Phi) is 7.30. The van der Waals surface area contributed by atoms with E-state index in [2.05, 4.69) is 25.8 Å². The molecule has 3 N–H and O–H groups in total. The first-order valence-electron chi connectivity index (χ1n) is 10.6. The predicted molar refractivity (Wildman–Crippen MR) is 116 cm³/mol. The van der Waals surface area contributed by atoms with Gasteiger partial charge in [0, 0.05) is 39.7 Å². The van der Waals surface area contributed by atoms with E-state index in [4.69, 9.17) is 14.6 Å². The zero-order valence-electron chi connectivity index (χ0n) is 18.2. The molecule has 0 radical (unpaired) electrons. The van der Waals surface area contributed by atoms with E-state index in [-0.39, 0.29) is 12.4 Å². The highest BCUT2D eigenvalue weighted by atomic mass is 16.5. The molecule has 1 aromatic carbocycles. The van der Waals surface area contributed by atoms with E-state index in [1.807, 2.05) is 31.5 Å². The third kappa shape index (κ3) is 5.06.